The number of nitrogens with two attached hydrogens (primary N) is 1. The average molecular weight is 277 g/mol. The second kappa shape index (κ2) is 6.29. The van der Waals surface area contributed by atoms with E-state index >= 15 is 0 Å². The summed E-state index contributed by atoms with van der Waals surface area (Å²) >= 11 is 0. The Bertz CT molecular complexity index is 444. The monoisotopic (exact) mass is 277 g/mol. The van der Waals surface area contributed by atoms with Crippen molar-refractivity contribution < 1.29 is 0 Å². The third-order valence-corrected chi connectivity index (χ3v) is 4.13. The summed E-state index contributed by atoms with van der Waals surface area (Å²) in [6.07, 6.45) is 6.10. The first kappa shape index (κ1) is 14.9. The molecule has 0 spiro atoms. The Labute approximate surface area is 121 Å². The van der Waals surface area contributed by atoms with Gasteiger partial charge in [0.1, 0.15) is 11.6 Å². The van der Waals surface area contributed by atoms with E-state index in [0.29, 0.717) is 17.4 Å². The lowest BCUT2D eigenvalue weighted by Crippen LogP contribution is -2.39. The number of nitrogens with one attached hydrogen (secondary N) is 2. The molecule has 0 aliphatic heterocycles. The zero-order valence-electron chi connectivity index (χ0n) is 12.9. The number of rotatable bonds is 5. The van der Waals surface area contributed by atoms with Gasteiger partial charge < -0.3 is 16.4 Å². The van der Waals surface area contributed by atoms with Gasteiger partial charge in [-0.05, 0) is 24.7 Å². The van der Waals surface area contributed by atoms with Gasteiger partial charge in [-0.25, -0.2) is 0 Å². The molecule has 0 radical (unpaired) electrons. The molecule has 5 nitrogen and oxygen atoms in total. The highest BCUT2D eigenvalue weighted by molar-refractivity contribution is 5.51. The molecule has 1 atom stereocenters. The number of hydrogen-bond donors (Lipinski definition) is 3. The minimum absolute atomic E-state index is 0.301. The van der Waals surface area contributed by atoms with Crippen LogP contribution >= 0.6 is 0 Å². The topological polar surface area (TPSA) is 75.9 Å². The fourth-order valence-electron chi connectivity index (χ4n) is 2.82. The molecule has 1 aliphatic carbocycles. The molecule has 0 amide bonds. The highest BCUT2D eigenvalue weighted by Crippen LogP contribution is 2.37. The molecule has 1 fully saturated rings. The van der Waals surface area contributed by atoms with Crippen LogP contribution in [-0.2, 0) is 0 Å². The number of aromatic nitrogens is 2. The largest absolute Gasteiger partial charge is 0.370 e. The normalized spacial score (nSPS) is 21.4. The molecule has 0 bridgehead atoms. The zero-order chi connectivity index (χ0) is 14.6. The molecule has 1 saturated carbocycles. The Hall–Kier alpha value is -1.52. The van der Waals surface area contributed by atoms with Gasteiger partial charge in [-0.1, -0.05) is 33.6 Å². The maximum atomic E-state index is 5.80. The fourth-order valence-corrected chi connectivity index (χ4v) is 2.82. The van der Waals surface area contributed by atoms with Crippen molar-refractivity contribution in [3.8, 4) is 0 Å². The summed E-state index contributed by atoms with van der Waals surface area (Å²) in [6.45, 7) is 7.67. The van der Waals surface area contributed by atoms with Crippen molar-refractivity contribution in [2.45, 2.75) is 58.9 Å². The highest BCUT2D eigenvalue weighted by Gasteiger charge is 2.32. The summed E-state index contributed by atoms with van der Waals surface area (Å²) in [5, 5.41) is 6.82. The summed E-state index contributed by atoms with van der Waals surface area (Å²) < 4.78 is 0. The second-order valence-electron chi connectivity index (χ2n) is 6.35. The van der Waals surface area contributed by atoms with Crippen LogP contribution in [0.3, 0.4) is 0 Å². The van der Waals surface area contributed by atoms with E-state index in [0.717, 1.165) is 24.6 Å². The van der Waals surface area contributed by atoms with Gasteiger partial charge in [0.05, 0.1) is 0 Å². The van der Waals surface area contributed by atoms with E-state index in [9.17, 15) is 0 Å². The second-order valence-corrected chi connectivity index (χ2v) is 6.35. The van der Waals surface area contributed by atoms with Gasteiger partial charge >= 0.3 is 0 Å². The molecule has 20 heavy (non-hydrogen) atoms. The van der Waals surface area contributed by atoms with Gasteiger partial charge in [0.15, 0.2) is 0 Å². The van der Waals surface area contributed by atoms with Crippen LogP contribution in [0, 0.1) is 5.41 Å². The Balaban J connectivity index is 2.09. The summed E-state index contributed by atoms with van der Waals surface area (Å²) in [5.74, 6) is 1.95. The molecular formula is C15H27N5. The maximum absolute atomic E-state index is 5.80. The lowest BCUT2D eigenvalue weighted by Gasteiger charge is -2.39. The molecule has 1 unspecified atom stereocenters. The molecule has 112 valence electrons. The van der Waals surface area contributed by atoms with Gasteiger partial charge in [0.2, 0.25) is 5.95 Å². The summed E-state index contributed by atoms with van der Waals surface area (Å²) in [4.78, 5) is 8.53. The molecule has 0 saturated heterocycles. The van der Waals surface area contributed by atoms with Crippen LogP contribution in [0.25, 0.3) is 0 Å². The number of anilines is 3. The van der Waals surface area contributed by atoms with Gasteiger partial charge in [-0.2, -0.15) is 9.97 Å². The van der Waals surface area contributed by atoms with Crippen LogP contribution in [0.15, 0.2) is 6.07 Å². The zero-order valence-corrected chi connectivity index (χ0v) is 12.9. The van der Waals surface area contributed by atoms with Crippen molar-refractivity contribution in [1.29, 1.82) is 0 Å². The molecule has 5 heteroatoms. The van der Waals surface area contributed by atoms with Crippen LogP contribution in [0.5, 0.6) is 0 Å². The summed E-state index contributed by atoms with van der Waals surface area (Å²) in [5.41, 5.74) is 6.10. The summed E-state index contributed by atoms with van der Waals surface area (Å²) in [7, 11) is 0. The van der Waals surface area contributed by atoms with Crippen molar-refractivity contribution in [3.63, 3.8) is 0 Å². The molecule has 1 aromatic rings. The summed E-state index contributed by atoms with van der Waals surface area (Å²) in [6, 6.07) is 2.40. The standard InChI is InChI=1S/C15H27N5/c1-4-9-17-12-10-13(20-14(16)19-12)18-11-7-5-6-8-15(11,2)3/h10-11H,4-9H2,1-3H3,(H4,16,17,18,19,20). The van der Waals surface area contributed by atoms with Crippen molar-refractivity contribution in [1.82, 2.24) is 9.97 Å². The average Bonchev–Trinajstić information content (AvgIpc) is 2.38. The SMILES string of the molecule is CCCNc1cc(NC2CCCCC2(C)C)nc(N)n1. The Morgan fingerprint density at radius 2 is 2.05 bits per heavy atom. The lowest BCUT2D eigenvalue weighted by atomic mass is 9.73. The van der Waals surface area contributed by atoms with Crippen LogP contribution in [-0.4, -0.2) is 22.6 Å². The van der Waals surface area contributed by atoms with Crippen molar-refractivity contribution >= 4 is 17.6 Å². The predicted octanol–water partition coefficient (Wildman–Crippen LogP) is 3.26. The van der Waals surface area contributed by atoms with Crippen molar-refractivity contribution in [3.05, 3.63) is 6.07 Å². The van der Waals surface area contributed by atoms with E-state index in [-0.39, 0.29) is 0 Å². The van der Waals surface area contributed by atoms with Crippen molar-refractivity contribution in [2.75, 3.05) is 22.9 Å². The minimum atomic E-state index is 0.301. The lowest BCUT2D eigenvalue weighted by molar-refractivity contribution is 0.216. The van der Waals surface area contributed by atoms with E-state index in [1.807, 2.05) is 6.07 Å². The first-order valence-electron chi connectivity index (χ1n) is 7.66. The smallest absolute Gasteiger partial charge is 0.223 e. The Morgan fingerprint density at radius 3 is 2.75 bits per heavy atom. The van der Waals surface area contributed by atoms with E-state index in [1.165, 1.54) is 25.7 Å². The van der Waals surface area contributed by atoms with E-state index in [2.05, 4.69) is 41.4 Å². The first-order valence-corrected chi connectivity index (χ1v) is 7.66. The van der Waals surface area contributed by atoms with E-state index in [1.54, 1.807) is 0 Å². The predicted molar refractivity (Wildman–Crippen MR) is 84.9 cm³/mol. The van der Waals surface area contributed by atoms with Gasteiger partial charge in [-0.3, -0.25) is 0 Å². The number of nitrogen functional groups attached to an aromatic ring is 1. The highest BCUT2D eigenvalue weighted by atomic mass is 15.1. The molecule has 1 aliphatic rings. The molecule has 1 heterocycles. The minimum Gasteiger partial charge on any atom is -0.370 e. The van der Waals surface area contributed by atoms with Crippen LogP contribution in [0.4, 0.5) is 17.6 Å². The van der Waals surface area contributed by atoms with Gasteiger partial charge in [0, 0.05) is 18.7 Å². The fraction of sp³-hybridized carbons (Fsp3) is 0.733. The van der Waals surface area contributed by atoms with Crippen LogP contribution < -0.4 is 16.4 Å². The van der Waals surface area contributed by atoms with Gasteiger partial charge in [-0.15, -0.1) is 0 Å². The maximum Gasteiger partial charge on any atom is 0.223 e. The molecule has 0 aromatic carbocycles. The third-order valence-electron chi connectivity index (χ3n) is 4.13. The molecular weight excluding hydrogens is 250 g/mol. The van der Waals surface area contributed by atoms with E-state index in [4.69, 9.17) is 5.73 Å². The first-order chi connectivity index (χ1) is 9.51. The number of nitrogens with zero attached hydrogens (tertiary/aromatic N) is 2. The molecule has 2 rings (SSSR count). The van der Waals surface area contributed by atoms with E-state index < -0.39 is 0 Å². The number of hydrogen-bond acceptors (Lipinski definition) is 5. The van der Waals surface area contributed by atoms with Crippen LogP contribution in [0.1, 0.15) is 52.9 Å². The molecule has 4 N–H and O–H groups in total. The Morgan fingerprint density at radius 1 is 1.30 bits per heavy atom. The third kappa shape index (κ3) is 3.74. The van der Waals surface area contributed by atoms with Crippen LogP contribution in [0.2, 0.25) is 0 Å². The quantitative estimate of drug-likeness (QED) is 0.770. The molecule has 1 aromatic heterocycles. The van der Waals surface area contributed by atoms with Gasteiger partial charge in [0.25, 0.3) is 0 Å². The Kier molecular flexibility index (Phi) is 4.68. The van der Waals surface area contributed by atoms with Crippen molar-refractivity contribution in [2.24, 2.45) is 5.41 Å².